The number of thioether (sulfide) groups is 1. The van der Waals surface area contributed by atoms with Crippen LogP contribution >= 0.6 is 23.4 Å². The van der Waals surface area contributed by atoms with Gasteiger partial charge in [-0.05, 0) is 27.7 Å². The minimum atomic E-state index is -0.495. The van der Waals surface area contributed by atoms with E-state index in [-0.39, 0.29) is 11.7 Å². The number of fused-ring (bicyclic) bond motifs is 1. The van der Waals surface area contributed by atoms with Gasteiger partial charge in [-0.1, -0.05) is 23.4 Å². The maximum absolute atomic E-state index is 11.8. The molecule has 0 spiro atoms. The first kappa shape index (κ1) is 15.1. The Morgan fingerprint density at radius 3 is 2.85 bits per heavy atom. The van der Waals surface area contributed by atoms with Crippen molar-refractivity contribution in [2.75, 3.05) is 5.75 Å². The summed E-state index contributed by atoms with van der Waals surface area (Å²) in [7, 11) is 0. The third kappa shape index (κ3) is 3.40. The van der Waals surface area contributed by atoms with Crippen molar-refractivity contribution in [1.82, 2.24) is 19.6 Å². The summed E-state index contributed by atoms with van der Waals surface area (Å²) in [5, 5.41) is 5.18. The molecule has 2 rings (SSSR count). The highest BCUT2D eigenvalue weighted by molar-refractivity contribution is 7.99. The molecule has 2 heterocycles. The number of rotatable bonds is 3. The smallest absolute Gasteiger partial charge is 0.316 e. The second kappa shape index (κ2) is 5.57. The van der Waals surface area contributed by atoms with Crippen molar-refractivity contribution in [2.45, 2.75) is 38.3 Å². The largest absolute Gasteiger partial charge is 0.459 e. The molecule has 0 bridgehead atoms. The van der Waals surface area contributed by atoms with E-state index in [0.29, 0.717) is 10.9 Å². The van der Waals surface area contributed by atoms with Gasteiger partial charge in [-0.25, -0.2) is 0 Å². The normalized spacial score (nSPS) is 11.8. The first-order valence-electron chi connectivity index (χ1n) is 5.98. The summed E-state index contributed by atoms with van der Waals surface area (Å²) in [6, 6.07) is 0. The lowest BCUT2D eigenvalue weighted by molar-refractivity contribution is -0.151. The number of nitrogens with zero attached hydrogens (tertiary/aromatic N) is 4. The lowest BCUT2D eigenvalue weighted by Crippen LogP contribution is -2.25. The molecule has 0 unspecified atom stereocenters. The van der Waals surface area contributed by atoms with Gasteiger partial charge in [0.15, 0.2) is 0 Å². The molecule has 0 N–H and O–H groups in total. The van der Waals surface area contributed by atoms with Crippen molar-refractivity contribution in [3.05, 3.63) is 17.0 Å². The Bertz CT molecular complexity index is 651. The van der Waals surface area contributed by atoms with Gasteiger partial charge in [0.1, 0.15) is 22.1 Å². The van der Waals surface area contributed by atoms with Gasteiger partial charge in [0.2, 0.25) is 0 Å². The highest BCUT2D eigenvalue weighted by atomic mass is 35.5. The van der Waals surface area contributed by atoms with Crippen molar-refractivity contribution in [3.8, 4) is 0 Å². The summed E-state index contributed by atoms with van der Waals surface area (Å²) in [5.74, 6) is 0.295. The van der Waals surface area contributed by atoms with Crippen LogP contribution in [0.3, 0.4) is 0 Å². The van der Waals surface area contributed by atoms with Crippen LogP contribution in [-0.2, 0) is 9.53 Å². The van der Waals surface area contributed by atoms with E-state index in [2.05, 4.69) is 15.1 Å². The molecule has 0 aliphatic carbocycles. The van der Waals surface area contributed by atoms with Gasteiger partial charge in [0, 0.05) is 5.56 Å². The molecule has 108 valence electrons. The molecular weight excluding hydrogens is 300 g/mol. The second-order valence-electron chi connectivity index (χ2n) is 5.18. The number of carbonyl (C=O) groups excluding carboxylic acids is 1. The minimum Gasteiger partial charge on any atom is -0.459 e. The van der Waals surface area contributed by atoms with Crippen molar-refractivity contribution in [1.29, 1.82) is 0 Å². The highest BCUT2D eigenvalue weighted by Gasteiger charge is 2.19. The van der Waals surface area contributed by atoms with Crippen LogP contribution in [0.25, 0.3) is 5.78 Å². The lowest BCUT2D eigenvalue weighted by Gasteiger charge is -2.19. The molecule has 6 nitrogen and oxygen atoms in total. The fraction of sp³-hybridized carbons (Fsp3) is 0.500. The van der Waals surface area contributed by atoms with Gasteiger partial charge < -0.3 is 4.74 Å². The first-order valence-corrected chi connectivity index (χ1v) is 7.35. The zero-order valence-electron chi connectivity index (χ0n) is 11.7. The van der Waals surface area contributed by atoms with E-state index in [1.54, 1.807) is 4.52 Å². The van der Waals surface area contributed by atoms with Crippen molar-refractivity contribution >= 4 is 35.1 Å². The van der Waals surface area contributed by atoms with Crippen LogP contribution in [0.4, 0.5) is 0 Å². The average molecular weight is 315 g/mol. The van der Waals surface area contributed by atoms with Crippen molar-refractivity contribution < 1.29 is 9.53 Å². The van der Waals surface area contributed by atoms with Gasteiger partial charge in [-0.15, -0.1) is 0 Å². The van der Waals surface area contributed by atoms with Crippen LogP contribution in [0.2, 0.25) is 5.15 Å². The summed E-state index contributed by atoms with van der Waals surface area (Å²) in [4.78, 5) is 19.9. The second-order valence-corrected chi connectivity index (χ2v) is 6.50. The molecule has 0 radical (unpaired) electrons. The predicted molar refractivity (Wildman–Crippen MR) is 77.1 cm³/mol. The number of carbonyl (C=O) groups is 1. The zero-order valence-corrected chi connectivity index (χ0v) is 13.2. The number of hydrogen-bond donors (Lipinski definition) is 0. The van der Waals surface area contributed by atoms with E-state index in [1.807, 2.05) is 27.7 Å². The summed E-state index contributed by atoms with van der Waals surface area (Å²) >= 11 is 7.36. The van der Waals surface area contributed by atoms with E-state index < -0.39 is 5.60 Å². The zero-order chi connectivity index (χ0) is 14.9. The van der Waals surface area contributed by atoms with Crippen LogP contribution in [0.1, 0.15) is 26.3 Å². The molecule has 0 aliphatic heterocycles. The van der Waals surface area contributed by atoms with Crippen molar-refractivity contribution in [2.24, 2.45) is 0 Å². The molecule has 0 saturated carbocycles. The van der Waals surface area contributed by atoms with E-state index in [1.165, 1.54) is 18.1 Å². The molecule has 0 amide bonds. The standard InChI is InChI=1S/C12H15ClN4O2S/c1-7-9(13)16-11-14-6-15-17(11)10(7)20-5-8(18)19-12(2,3)4/h6H,5H2,1-4H3. The summed E-state index contributed by atoms with van der Waals surface area (Å²) in [6.07, 6.45) is 1.40. The minimum absolute atomic E-state index is 0.174. The Hall–Kier alpha value is -1.34. The van der Waals surface area contributed by atoms with E-state index in [0.717, 1.165) is 10.6 Å². The van der Waals surface area contributed by atoms with E-state index >= 15 is 0 Å². The summed E-state index contributed by atoms with van der Waals surface area (Å²) in [5.41, 5.74) is 0.267. The molecule has 8 heteroatoms. The van der Waals surface area contributed by atoms with Gasteiger partial charge in [0.05, 0.1) is 5.75 Å². The molecule has 20 heavy (non-hydrogen) atoms. The Labute approximate surface area is 125 Å². The van der Waals surface area contributed by atoms with Crippen LogP contribution in [0, 0.1) is 6.92 Å². The first-order chi connectivity index (χ1) is 9.28. The Kier molecular flexibility index (Phi) is 4.19. The Morgan fingerprint density at radius 1 is 1.50 bits per heavy atom. The monoisotopic (exact) mass is 314 g/mol. The highest BCUT2D eigenvalue weighted by Crippen LogP contribution is 2.27. The third-order valence-electron chi connectivity index (χ3n) is 2.30. The van der Waals surface area contributed by atoms with Gasteiger partial charge in [-0.2, -0.15) is 19.6 Å². The maximum Gasteiger partial charge on any atom is 0.316 e. The van der Waals surface area contributed by atoms with Gasteiger partial charge >= 0.3 is 5.97 Å². The molecular formula is C12H15ClN4O2S. The van der Waals surface area contributed by atoms with Crippen molar-refractivity contribution in [3.63, 3.8) is 0 Å². The maximum atomic E-state index is 11.8. The van der Waals surface area contributed by atoms with Crippen LogP contribution < -0.4 is 0 Å². The van der Waals surface area contributed by atoms with E-state index in [9.17, 15) is 4.79 Å². The number of aromatic nitrogens is 4. The SMILES string of the molecule is Cc1c(Cl)nc2ncnn2c1SCC(=O)OC(C)(C)C. The molecule has 0 aliphatic rings. The number of halogens is 1. The molecule has 2 aromatic heterocycles. The molecule has 0 aromatic carbocycles. The Balaban J connectivity index is 2.19. The fourth-order valence-corrected chi connectivity index (χ4v) is 2.64. The van der Waals surface area contributed by atoms with Gasteiger partial charge in [0.25, 0.3) is 5.78 Å². The third-order valence-corrected chi connectivity index (χ3v) is 3.80. The fourth-order valence-electron chi connectivity index (χ4n) is 1.54. The van der Waals surface area contributed by atoms with Gasteiger partial charge in [-0.3, -0.25) is 4.79 Å². The average Bonchev–Trinajstić information content (AvgIpc) is 2.74. The molecule has 0 fully saturated rings. The molecule has 0 saturated heterocycles. The summed E-state index contributed by atoms with van der Waals surface area (Å²) < 4.78 is 6.84. The quantitative estimate of drug-likeness (QED) is 0.492. The van der Waals surface area contributed by atoms with Crippen LogP contribution in [0.15, 0.2) is 11.4 Å². The predicted octanol–water partition coefficient (Wildman–Crippen LogP) is 2.52. The summed E-state index contributed by atoms with van der Waals surface area (Å²) in [6.45, 7) is 7.33. The number of hydrogen-bond acceptors (Lipinski definition) is 6. The molecule has 0 atom stereocenters. The topological polar surface area (TPSA) is 69.4 Å². The lowest BCUT2D eigenvalue weighted by atomic mass is 10.2. The Morgan fingerprint density at radius 2 is 2.20 bits per heavy atom. The van der Waals surface area contributed by atoms with Crippen LogP contribution in [-0.4, -0.2) is 36.9 Å². The number of ether oxygens (including phenoxy) is 1. The number of esters is 1. The molecule has 2 aromatic rings. The van der Waals surface area contributed by atoms with Crippen LogP contribution in [0.5, 0.6) is 0 Å². The van der Waals surface area contributed by atoms with E-state index in [4.69, 9.17) is 16.3 Å².